The van der Waals surface area contributed by atoms with Gasteiger partial charge in [-0.25, -0.2) is 9.87 Å². The number of hydroxylamine groups is 1. The molecule has 2 aromatic rings. The second-order valence-corrected chi connectivity index (χ2v) is 4.46. The number of halogens is 1. The molecule has 114 valence electrons. The zero-order valence-electron chi connectivity index (χ0n) is 11.7. The molecule has 2 aromatic carbocycles. The standard InChI is InChI=1S/C16H15FN2O3/c17-14-9-5-4-8-13(14)16(21)18-10-15(20)19-22-11-12-6-2-1-3-7-12/h1-9H,10-11H2,(H,18,21)(H,19,20). The molecule has 0 radical (unpaired) electrons. The summed E-state index contributed by atoms with van der Waals surface area (Å²) < 4.78 is 13.4. The van der Waals surface area contributed by atoms with E-state index in [2.05, 4.69) is 10.8 Å². The first-order chi connectivity index (χ1) is 10.7. The van der Waals surface area contributed by atoms with E-state index in [0.717, 1.165) is 5.56 Å². The van der Waals surface area contributed by atoms with Gasteiger partial charge in [-0.15, -0.1) is 0 Å². The van der Waals surface area contributed by atoms with Crippen molar-refractivity contribution >= 4 is 11.8 Å². The molecule has 0 aliphatic carbocycles. The average molecular weight is 302 g/mol. The van der Waals surface area contributed by atoms with Crippen LogP contribution in [0.3, 0.4) is 0 Å². The molecule has 0 atom stereocenters. The molecule has 0 unspecified atom stereocenters. The van der Waals surface area contributed by atoms with Gasteiger partial charge in [0.25, 0.3) is 11.8 Å². The normalized spacial score (nSPS) is 10.0. The van der Waals surface area contributed by atoms with Gasteiger partial charge >= 0.3 is 0 Å². The van der Waals surface area contributed by atoms with E-state index >= 15 is 0 Å². The van der Waals surface area contributed by atoms with Crippen LogP contribution in [0.4, 0.5) is 4.39 Å². The van der Waals surface area contributed by atoms with Gasteiger partial charge in [0.2, 0.25) is 0 Å². The molecule has 0 saturated carbocycles. The SMILES string of the molecule is O=C(CNC(=O)c1ccccc1F)NOCc1ccccc1. The fourth-order valence-corrected chi connectivity index (χ4v) is 1.71. The van der Waals surface area contributed by atoms with E-state index in [1.807, 2.05) is 30.3 Å². The molecule has 5 nitrogen and oxygen atoms in total. The Hall–Kier alpha value is -2.73. The Balaban J connectivity index is 1.72. The lowest BCUT2D eigenvalue weighted by Crippen LogP contribution is -2.37. The molecule has 22 heavy (non-hydrogen) atoms. The number of hydrogen-bond donors (Lipinski definition) is 2. The van der Waals surface area contributed by atoms with Gasteiger partial charge in [-0.2, -0.15) is 0 Å². The topological polar surface area (TPSA) is 67.4 Å². The van der Waals surface area contributed by atoms with Crippen LogP contribution in [0.1, 0.15) is 15.9 Å². The van der Waals surface area contributed by atoms with E-state index in [1.165, 1.54) is 18.2 Å². The molecular formula is C16H15FN2O3. The highest BCUT2D eigenvalue weighted by atomic mass is 19.1. The summed E-state index contributed by atoms with van der Waals surface area (Å²) in [4.78, 5) is 28.2. The van der Waals surface area contributed by atoms with Gasteiger partial charge in [0.05, 0.1) is 18.7 Å². The Morgan fingerprint density at radius 2 is 1.68 bits per heavy atom. The van der Waals surface area contributed by atoms with E-state index < -0.39 is 17.6 Å². The van der Waals surface area contributed by atoms with Crippen LogP contribution in [0.2, 0.25) is 0 Å². The number of hydrogen-bond acceptors (Lipinski definition) is 3. The smallest absolute Gasteiger partial charge is 0.262 e. The van der Waals surface area contributed by atoms with Crippen LogP contribution >= 0.6 is 0 Å². The summed E-state index contributed by atoms with van der Waals surface area (Å²) >= 11 is 0. The Labute approximate surface area is 127 Å². The number of carbonyl (C=O) groups excluding carboxylic acids is 2. The highest BCUT2D eigenvalue weighted by Gasteiger charge is 2.11. The van der Waals surface area contributed by atoms with Crippen molar-refractivity contribution in [3.05, 3.63) is 71.5 Å². The van der Waals surface area contributed by atoms with Crippen LogP contribution in [-0.4, -0.2) is 18.4 Å². The molecule has 6 heteroatoms. The molecule has 0 aliphatic rings. The number of amides is 2. The Morgan fingerprint density at radius 1 is 1.00 bits per heavy atom. The Kier molecular flexibility index (Phi) is 5.62. The highest BCUT2D eigenvalue weighted by molar-refractivity contribution is 5.96. The molecule has 0 aromatic heterocycles. The summed E-state index contributed by atoms with van der Waals surface area (Å²) in [5.74, 6) is -1.82. The molecule has 0 bridgehead atoms. The summed E-state index contributed by atoms with van der Waals surface area (Å²) in [6.07, 6.45) is 0. The molecule has 0 fully saturated rings. The third kappa shape index (κ3) is 4.68. The first kappa shape index (κ1) is 15.7. The lowest BCUT2D eigenvalue weighted by molar-refractivity contribution is -0.133. The van der Waals surface area contributed by atoms with Crippen LogP contribution in [0.25, 0.3) is 0 Å². The molecule has 2 N–H and O–H groups in total. The lowest BCUT2D eigenvalue weighted by Gasteiger charge is -2.07. The van der Waals surface area contributed by atoms with Crippen molar-refractivity contribution in [2.45, 2.75) is 6.61 Å². The number of carbonyl (C=O) groups is 2. The van der Waals surface area contributed by atoms with Gasteiger partial charge in [0.1, 0.15) is 5.82 Å². The van der Waals surface area contributed by atoms with Gasteiger partial charge in [0, 0.05) is 0 Å². The lowest BCUT2D eigenvalue weighted by atomic mass is 10.2. The Morgan fingerprint density at radius 3 is 2.41 bits per heavy atom. The largest absolute Gasteiger partial charge is 0.343 e. The van der Waals surface area contributed by atoms with Gasteiger partial charge in [0.15, 0.2) is 0 Å². The summed E-state index contributed by atoms with van der Waals surface area (Å²) in [6.45, 7) is -0.0875. The Bertz CT molecular complexity index is 647. The molecule has 2 amide bonds. The first-order valence-corrected chi connectivity index (χ1v) is 6.64. The minimum atomic E-state index is -0.656. The highest BCUT2D eigenvalue weighted by Crippen LogP contribution is 2.05. The van der Waals surface area contributed by atoms with Gasteiger partial charge in [-0.05, 0) is 17.7 Å². The maximum Gasteiger partial charge on any atom is 0.262 e. The summed E-state index contributed by atoms with van der Waals surface area (Å²) in [5.41, 5.74) is 3.00. The van der Waals surface area contributed by atoms with Crippen molar-refractivity contribution in [2.24, 2.45) is 0 Å². The molecular weight excluding hydrogens is 287 g/mol. The molecule has 0 saturated heterocycles. The van der Waals surface area contributed by atoms with Gasteiger partial charge in [-0.3, -0.25) is 14.4 Å². The van der Waals surface area contributed by atoms with Crippen molar-refractivity contribution < 1.29 is 18.8 Å². The number of rotatable bonds is 6. The van der Waals surface area contributed by atoms with Crippen molar-refractivity contribution in [3.63, 3.8) is 0 Å². The van der Waals surface area contributed by atoms with Crippen molar-refractivity contribution in [1.82, 2.24) is 10.8 Å². The van der Waals surface area contributed by atoms with Crippen LogP contribution < -0.4 is 10.8 Å². The van der Waals surface area contributed by atoms with E-state index in [-0.39, 0.29) is 18.7 Å². The molecule has 0 heterocycles. The minimum Gasteiger partial charge on any atom is -0.343 e. The predicted molar refractivity (Wildman–Crippen MR) is 78.1 cm³/mol. The second-order valence-electron chi connectivity index (χ2n) is 4.46. The third-order valence-corrected chi connectivity index (χ3v) is 2.80. The van der Waals surface area contributed by atoms with E-state index in [1.54, 1.807) is 6.07 Å². The maximum atomic E-state index is 13.4. The van der Waals surface area contributed by atoms with Crippen molar-refractivity contribution in [2.75, 3.05) is 6.54 Å². The number of nitrogens with one attached hydrogen (secondary N) is 2. The van der Waals surface area contributed by atoms with E-state index in [4.69, 9.17) is 4.84 Å². The van der Waals surface area contributed by atoms with Gasteiger partial charge in [-0.1, -0.05) is 42.5 Å². The second kappa shape index (κ2) is 7.90. The van der Waals surface area contributed by atoms with Crippen LogP contribution in [0, 0.1) is 5.82 Å². The quantitative estimate of drug-likeness (QED) is 0.800. The first-order valence-electron chi connectivity index (χ1n) is 6.64. The van der Waals surface area contributed by atoms with Crippen molar-refractivity contribution in [1.29, 1.82) is 0 Å². The van der Waals surface area contributed by atoms with Crippen molar-refractivity contribution in [3.8, 4) is 0 Å². The van der Waals surface area contributed by atoms with Crippen LogP contribution in [-0.2, 0) is 16.2 Å². The maximum absolute atomic E-state index is 13.4. The molecule has 0 aliphatic heterocycles. The zero-order chi connectivity index (χ0) is 15.8. The fourth-order valence-electron chi connectivity index (χ4n) is 1.71. The van der Waals surface area contributed by atoms with E-state index in [9.17, 15) is 14.0 Å². The average Bonchev–Trinajstić information content (AvgIpc) is 2.54. The molecule has 2 rings (SSSR count). The third-order valence-electron chi connectivity index (χ3n) is 2.80. The number of benzene rings is 2. The van der Waals surface area contributed by atoms with Crippen LogP contribution in [0.15, 0.2) is 54.6 Å². The van der Waals surface area contributed by atoms with Gasteiger partial charge < -0.3 is 5.32 Å². The predicted octanol–water partition coefficient (Wildman–Crippen LogP) is 1.80. The zero-order valence-corrected chi connectivity index (χ0v) is 11.7. The fraction of sp³-hybridized carbons (Fsp3) is 0.125. The van der Waals surface area contributed by atoms with E-state index in [0.29, 0.717) is 0 Å². The monoisotopic (exact) mass is 302 g/mol. The molecule has 0 spiro atoms. The summed E-state index contributed by atoms with van der Waals surface area (Å²) in [5, 5.41) is 2.32. The van der Waals surface area contributed by atoms with Crippen LogP contribution in [0.5, 0.6) is 0 Å². The summed E-state index contributed by atoms with van der Waals surface area (Å²) in [7, 11) is 0. The summed E-state index contributed by atoms with van der Waals surface area (Å²) in [6, 6.07) is 14.8. The minimum absolute atomic E-state index is 0.111.